The molecule has 0 radical (unpaired) electrons. The van der Waals surface area contributed by atoms with E-state index in [4.69, 9.17) is 28.3 Å². The smallest absolute Gasteiger partial charge is 0.337 e. The summed E-state index contributed by atoms with van der Waals surface area (Å²) in [6, 6.07) is 7.26. The maximum atomic E-state index is 13.1. The van der Waals surface area contributed by atoms with Crippen LogP contribution in [-0.2, 0) is 0 Å². The zero-order valence-corrected chi connectivity index (χ0v) is 11.9. The summed E-state index contributed by atoms with van der Waals surface area (Å²) in [6.07, 6.45) is 0. The van der Waals surface area contributed by atoms with Gasteiger partial charge in [0.15, 0.2) is 0 Å². The molecule has 0 aliphatic rings. The number of benzene rings is 2. The molecule has 2 aromatic rings. The Hall–Kier alpha value is -2.11. The predicted octanol–water partition coefficient (Wildman–Crippen LogP) is 4.08. The van der Waals surface area contributed by atoms with Gasteiger partial charge >= 0.3 is 5.97 Å². The van der Waals surface area contributed by atoms with E-state index in [1.807, 2.05) is 0 Å². The van der Waals surface area contributed by atoms with E-state index in [1.54, 1.807) is 0 Å². The second-order valence-electron chi connectivity index (χ2n) is 4.11. The van der Waals surface area contributed by atoms with Gasteiger partial charge in [0.1, 0.15) is 5.82 Å². The minimum Gasteiger partial charge on any atom is -0.478 e. The van der Waals surface area contributed by atoms with E-state index in [0.717, 1.165) is 12.1 Å². The van der Waals surface area contributed by atoms with Crippen LogP contribution in [0.1, 0.15) is 20.7 Å². The SMILES string of the molecule is O=C(Nc1ccc(F)cc1C(=O)O)c1cc(Cl)cc(Cl)c1. The minimum atomic E-state index is -1.35. The lowest BCUT2D eigenvalue weighted by Crippen LogP contribution is -2.15. The molecule has 2 N–H and O–H groups in total. The van der Waals surface area contributed by atoms with Gasteiger partial charge in [-0.1, -0.05) is 23.2 Å². The molecule has 2 rings (SSSR count). The highest BCUT2D eigenvalue weighted by atomic mass is 35.5. The number of amides is 1. The van der Waals surface area contributed by atoms with Crippen LogP contribution in [0.25, 0.3) is 0 Å². The first-order valence-electron chi connectivity index (χ1n) is 5.67. The number of halogens is 3. The molecule has 21 heavy (non-hydrogen) atoms. The van der Waals surface area contributed by atoms with Crippen molar-refractivity contribution in [1.82, 2.24) is 0 Å². The molecule has 0 heterocycles. The Labute approximate surface area is 129 Å². The summed E-state index contributed by atoms with van der Waals surface area (Å²) in [5.74, 6) is -2.67. The van der Waals surface area contributed by atoms with Gasteiger partial charge in [-0.3, -0.25) is 4.79 Å². The van der Waals surface area contributed by atoms with Crippen molar-refractivity contribution in [3.05, 3.63) is 63.4 Å². The van der Waals surface area contributed by atoms with Crippen LogP contribution >= 0.6 is 23.2 Å². The Morgan fingerprint density at radius 2 is 1.67 bits per heavy atom. The minimum absolute atomic E-state index is 0.0232. The average Bonchev–Trinajstić information content (AvgIpc) is 2.39. The number of carbonyl (C=O) groups excluding carboxylic acids is 1. The largest absolute Gasteiger partial charge is 0.478 e. The molecule has 0 spiro atoms. The number of carbonyl (C=O) groups is 2. The van der Waals surface area contributed by atoms with Gasteiger partial charge in [0.05, 0.1) is 11.3 Å². The fourth-order valence-electron chi connectivity index (χ4n) is 1.68. The average molecular weight is 328 g/mol. The third-order valence-corrected chi connectivity index (χ3v) is 3.02. The van der Waals surface area contributed by atoms with Crippen LogP contribution in [0.5, 0.6) is 0 Å². The number of aromatic carboxylic acids is 1. The number of nitrogens with one attached hydrogen (secondary N) is 1. The van der Waals surface area contributed by atoms with Gasteiger partial charge in [-0.25, -0.2) is 9.18 Å². The molecule has 0 aliphatic carbocycles. The van der Waals surface area contributed by atoms with Crippen molar-refractivity contribution in [3.8, 4) is 0 Å². The highest BCUT2D eigenvalue weighted by Crippen LogP contribution is 2.22. The summed E-state index contributed by atoms with van der Waals surface area (Å²) in [6.45, 7) is 0. The van der Waals surface area contributed by atoms with Crippen molar-refractivity contribution in [2.24, 2.45) is 0 Å². The lowest BCUT2D eigenvalue weighted by Gasteiger charge is -2.09. The summed E-state index contributed by atoms with van der Waals surface area (Å²) in [7, 11) is 0. The Morgan fingerprint density at radius 3 is 2.24 bits per heavy atom. The van der Waals surface area contributed by atoms with Gasteiger partial charge in [-0.05, 0) is 36.4 Å². The number of hydrogen-bond donors (Lipinski definition) is 2. The Balaban J connectivity index is 2.33. The third-order valence-electron chi connectivity index (χ3n) is 2.58. The quantitative estimate of drug-likeness (QED) is 0.892. The van der Waals surface area contributed by atoms with Gasteiger partial charge < -0.3 is 10.4 Å². The lowest BCUT2D eigenvalue weighted by molar-refractivity contribution is 0.0697. The molecule has 108 valence electrons. The van der Waals surface area contributed by atoms with Crippen LogP contribution in [0.4, 0.5) is 10.1 Å². The Bertz CT molecular complexity index is 714. The zero-order chi connectivity index (χ0) is 15.6. The maximum absolute atomic E-state index is 13.1. The van der Waals surface area contributed by atoms with Gasteiger partial charge in [0.25, 0.3) is 5.91 Å². The summed E-state index contributed by atoms with van der Waals surface area (Å²) in [5, 5.41) is 11.9. The molecule has 7 heteroatoms. The molecule has 2 aromatic carbocycles. The van der Waals surface area contributed by atoms with Crippen molar-refractivity contribution < 1.29 is 19.1 Å². The number of hydrogen-bond acceptors (Lipinski definition) is 2. The van der Waals surface area contributed by atoms with E-state index in [2.05, 4.69) is 5.32 Å². The highest BCUT2D eigenvalue weighted by molar-refractivity contribution is 6.35. The molecular formula is C14H8Cl2FNO3. The van der Waals surface area contributed by atoms with Crippen LogP contribution in [-0.4, -0.2) is 17.0 Å². The zero-order valence-electron chi connectivity index (χ0n) is 10.4. The predicted molar refractivity (Wildman–Crippen MR) is 77.8 cm³/mol. The van der Waals surface area contributed by atoms with E-state index in [-0.39, 0.29) is 26.9 Å². The molecule has 0 fully saturated rings. The Morgan fingerprint density at radius 1 is 1.05 bits per heavy atom. The third kappa shape index (κ3) is 3.71. The summed E-state index contributed by atoms with van der Waals surface area (Å²) in [4.78, 5) is 23.1. The first-order chi connectivity index (χ1) is 9.86. The van der Waals surface area contributed by atoms with Gasteiger partial charge in [0, 0.05) is 15.6 Å². The van der Waals surface area contributed by atoms with E-state index in [0.29, 0.717) is 0 Å². The number of carboxylic acids is 1. The number of rotatable bonds is 3. The lowest BCUT2D eigenvalue weighted by atomic mass is 10.1. The molecule has 0 unspecified atom stereocenters. The van der Waals surface area contributed by atoms with E-state index in [1.165, 1.54) is 24.3 Å². The standard InChI is InChI=1S/C14H8Cl2FNO3/c15-8-3-7(4-9(16)5-8)13(19)18-12-2-1-10(17)6-11(12)14(20)21/h1-6H,(H,18,19)(H,20,21). The first-order valence-corrected chi connectivity index (χ1v) is 6.42. The molecule has 0 aliphatic heterocycles. The van der Waals surface area contributed by atoms with Crippen LogP contribution in [0.3, 0.4) is 0 Å². The second kappa shape index (κ2) is 6.11. The summed E-state index contributed by atoms with van der Waals surface area (Å²) >= 11 is 11.6. The number of anilines is 1. The van der Waals surface area contributed by atoms with E-state index < -0.39 is 17.7 Å². The molecule has 0 atom stereocenters. The van der Waals surface area contributed by atoms with Gasteiger partial charge in [-0.2, -0.15) is 0 Å². The van der Waals surface area contributed by atoms with Crippen molar-refractivity contribution >= 4 is 40.8 Å². The van der Waals surface area contributed by atoms with Crippen molar-refractivity contribution in [1.29, 1.82) is 0 Å². The molecule has 0 bridgehead atoms. The molecular weight excluding hydrogens is 320 g/mol. The summed E-state index contributed by atoms with van der Waals surface area (Å²) < 4.78 is 13.1. The van der Waals surface area contributed by atoms with Gasteiger partial charge in [0.2, 0.25) is 0 Å². The van der Waals surface area contributed by atoms with Crippen LogP contribution in [0.2, 0.25) is 10.0 Å². The topological polar surface area (TPSA) is 66.4 Å². The fourth-order valence-corrected chi connectivity index (χ4v) is 2.21. The molecule has 0 saturated carbocycles. The molecule has 4 nitrogen and oxygen atoms in total. The second-order valence-corrected chi connectivity index (χ2v) is 4.98. The van der Waals surface area contributed by atoms with Crippen LogP contribution in [0.15, 0.2) is 36.4 Å². The normalized spacial score (nSPS) is 10.2. The fraction of sp³-hybridized carbons (Fsp3) is 0. The molecule has 0 saturated heterocycles. The highest BCUT2D eigenvalue weighted by Gasteiger charge is 2.15. The van der Waals surface area contributed by atoms with Crippen LogP contribution in [0, 0.1) is 5.82 Å². The van der Waals surface area contributed by atoms with E-state index >= 15 is 0 Å². The number of carboxylic acid groups (broad SMARTS) is 1. The van der Waals surface area contributed by atoms with Gasteiger partial charge in [-0.15, -0.1) is 0 Å². The molecule has 0 aromatic heterocycles. The van der Waals surface area contributed by atoms with E-state index in [9.17, 15) is 14.0 Å². The monoisotopic (exact) mass is 327 g/mol. The first kappa shape index (κ1) is 15.3. The van der Waals surface area contributed by atoms with Crippen molar-refractivity contribution in [3.63, 3.8) is 0 Å². The van der Waals surface area contributed by atoms with Crippen molar-refractivity contribution in [2.45, 2.75) is 0 Å². The summed E-state index contributed by atoms with van der Waals surface area (Å²) in [5.41, 5.74) is -0.213. The van der Waals surface area contributed by atoms with Crippen LogP contribution < -0.4 is 5.32 Å². The maximum Gasteiger partial charge on any atom is 0.337 e. The molecule has 1 amide bonds. The van der Waals surface area contributed by atoms with Crippen molar-refractivity contribution in [2.75, 3.05) is 5.32 Å². The Kier molecular flexibility index (Phi) is 4.45.